The molecule has 12 heteroatoms. The number of carboxylic acid groups (broad SMARTS) is 1. The molecule has 34 heavy (non-hydrogen) atoms. The van der Waals surface area contributed by atoms with Crippen LogP contribution in [0.15, 0.2) is 40.1 Å². The molecular formula is C22H28F3N5O4. The molecule has 3 rings (SSSR count). The summed E-state index contributed by atoms with van der Waals surface area (Å²) in [5.74, 6) is -2.76. The van der Waals surface area contributed by atoms with E-state index in [0.717, 1.165) is 29.4 Å². The van der Waals surface area contributed by atoms with Crippen LogP contribution in [-0.2, 0) is 23.3 Å². The van der Waals surface area contributed by atoms with Crippen molar-refractivity contribution in [2.24, 2.45) is 0 Å². The zero-order valence-corrected chi connectivity index (χ0v) is 19.3. The van der Waals surface area contributed by atoms with E-state index in [1.807, 2.05) is 39.0 Å². The van der Waals surface area contributed by atoms with Gasteiger partial charge in [-0.1, -0.05) is 18.2 Å². The van der Waals surface area contributed by atoms with Crippen molar-refractivity contribution in [3.63, 3.8) is 0 Å². The van der Waals surface area contributed by atoms with Crippen molar-refractivity contribution in [1.82, 2.24) is 25.1 Å². The summed E-state index contributed by atoms with van der Waals surface area (Å²) in [6.07, 6.45) is -1.65. The second kappa shape index (κ2) is 10.7. The minimum Gasteiger partial charge on any atom is -0.475 e. The number of carboxylic acids is 1. The highest BCUT2D eigenvalue weighted by molar-refractivity contribution is 5.81. The summed E-state index contributed by atoms with van der Waals surface area (Å²) in [6.45, 7) is 8.30. The Kier molecular flexibility index (Phi) is 8.43. The average Bonchev–Trinajstić information content (AvgIpc) is 3.13. The van der Waals surface area contributed by atoms with E-state index in [-0.39, 0.29) is 22.8 Å². The molecule has 2 aromatic heterocycles. The van der Waals surface area contributed by atoms with Gasteiger partial charge < -0.3 is 10.4 Å². The quantitative estimate of drug-likeness (QED) is 0.426. The van der Waals surface area contributed by atoms with Gasteiger partial charge in [0.1, 0.15) is 0 Å². The van der Waals surface area contributed by atoms with Crippen LogP contribution in [0.5, 0.6) is 0 Å². The van der Waals surface area contributed by atoms with Crippen LogP contribution in [0.1, 0.15) is 45.4 Å². The molecule has 0 fully saturated rings. The molecule has 3 aromatic rings. The van der Waals surface area contributed by atoms with Crippen LogP contribution in [0.4, 0.5) is 13.2 Å². The Hall–Kier alpha value is -3.41. The lowest BCUT2D eigenvalue weighted by Crippen LogP contribution is -2.41. The monoisotopic (exact) mass is 483 g/mol. The van der Waals surface area contributed by atoms with Gasteiger partial charge in [0.2, 0.25) is 0 Å². The fourth-order valence-electron chi connectivity index (χ4n) is 3.09. The van der Waals surface area contributed by atoms with Crippen LogP contribution in [0, 0.1) is 0 Å². The number of hydrogen-bond acceptors (Lipinski definition) is 5. The second-order valence-electron chi connectivity index (χ2n) is 8.80. The minimum atomic E-state index is -5.08. The summed E-state index contributed by atoms with van der Waals surface area (Å²) >= 11 is 0. The van der Waals surface area contributed by atoms with Gasteiger partial charge in [0.25, 0.3) is 5.56 Å². The van der Waals surface area contributed by atoms with E-state index in [0.29, 0.717) is 12.1 Å². The summed E-state index contributed by atoms with van der Waals surface area (Å²) < 4.78 is 33.3. The summed E-state index contributed by atoms with van der Waals surface area (Å²) in [6, 6.07) is 8.27. The highest BCUT2D eigenvalue weighted by atomic mass is 19.4. The average molecular weight is 483 g/mol. The van der Waals surface area contributed by atoms with Gasteiger partial charge in [0.15, 0.2) is 0 Å². The summed E-state index contributed by atoms with van der Waals surface area (Å²) in [4.78, 5) is 35.4. The van der Waals surface area contributed by atoms with E-state index in [2.05, 4.69) is 33.5 Å². The number of nitrogens with one attached hydrogen (secondary N) is 3. The minimum absolute atomic E-state index is 0.210. The molecule has 0 spiro atoms. The van der Waals surface area contributed by atoms with Crippen LogP contribution in [-0.4, -0.2) is 43.0 Å². The van der Waals surface area contributed by atoms with Crippen molar-refractivity contribution in [1.29, 1.82) is 0 Å². The molecular weight excluding hydrogens is 455 g/mol. The maximum absolute atomic E-state index is 12.1. The molecule has 2 heterocycles. The zero-order chi connectivity index (χ0) is 25.7. The fourth-order valence-corrected chi connectivity index (χ4v) is 3.09. The van der Waals surface area contributed by atoms with E-state index in [4.69, 9.17) is 9.90 Å². The van der Waals surface area contributed by atoms with Gasteiger partial charge >= 0.3 is 17.8 Å². The molecule has 0 saturated carbocycles. The zero-order valence-electron chi connectivity index (χ0n) is 19.3. The number of carbonyl (C=O) groups is 1. The number of alkyl halides is 3. The molecule has 4 N–H and O–H groups in total. The molecule has 1 aromatic carbocycles. The van der Waals surface area contributed by atoms with Gasteiger partial charge in [-0.3, -0.25) is 19.4 Å². The molecule has 0 radical (unpaired) electrons. The van der Waals surface area contributed by atoms with Gasteiger partial charge in [0.05, 0.1) is 5.52 Å². The standard InChI is InChI=1S/C20H27N5O2.C2HF3O2/c1-13(9-10-17-15-7-5-6-8-16(15)23-24-17)21-11-14-12-25(20(2,3)4)19(27)22-18(14)26;3-2(4,5)1(6)7/h5-8,12-13,21H,9-11H2,1-4H3,(H,23,24)(H,22,26,27);(H,6,7). The Labute approximate surface area is 193 Å². The van der Waals surface area contributed by atoms with Gasteiger partial charge in [-0.25, -0.2) is 9.59 Å². The number of aryl methyl sites for hydroxylation is 1. The molecule has 9 nitrogen and oxygen atoms in total. The van der Waals surface area contributed by atoms with Crippen LogP contribution in [0.3, 0.4) is 0 Å². The van der Waals surface area contributed by atoms with Crippen molar-refractivity contribution in [2.45, 2.75) is 64.8 Å². The summed E-state index contributed by atoms with van der Waals surface area (Å²) in [5, 5.41) is 19.1. The van der Waals surface area contributed by atoms with Crippen molar-refractivity contribution >= 4 is 16.9 Å². The molecule has 0 aliphatic heterocycles. The molecule has 0 saturated heterocycles. The van der Waals surface area contributed by atoms with E-state index in [1.165, 1.54) is 0 Å². The molecule has 0 bridgehead atoms. The van der Waals surface area contributed by atoms with Gasteiger partial charge in [-0.05, 0) is 46.6 Å². The lowest BCUT2D eigenvalue weighted by molar-refractivity contribution is -0.192. The number of nitrogens with zero attached hydrogens (tertiary/aromatic N) is 2. The topological polar surface area (TPSA) is 133 Å². The van der Waals surface area contributed by atoms with Crippen LogP contribution in [0.2, 0.25) is 0 Å². The number of aromatic amines is 2. The fraction of sp³-hybridized carbons (Fsp3) is 0.455. The Morgan fingerprint density at radius 3 is 2.41 bits per heavy atom. The third-order valence-electron chi connectivity index (χ3n) is 4.99. The second-order valence-corrected chi connectivity index (χ2v) is 8.80. The maximum Gasteiger partial charge on any atom is 0.490 e. The van der Waals surface area contributed by atoms with Gasteiger partial charge in [-0.2, -0.15) is 18.3 Å². The Bertz CT molecular complexity index is 1240. The molecule has 186 valence electrons. The number of rotatable bonds is 6. The molecule has 1 unspecified atom stereocenters. The number of para-hydroxylation sites is 1. The van der Waals surface area contributed by atoms with Crippen molar-refractivity contribution in [3.05, 3.63) is 62.6 Å². The third-order valence-corrected chi connectivity index (χ3v) is 4.99. The number of fused-ring (bicyclic) bond motifs is 1. The smallest absolute Gasteiger partial charge is 0.475 e. The lowest BCUT2D eigenvalue weighted by atomic mass is 10.1. The lowest BCUT2D eigenvalue weighted by Gasteiger charge is -2.22. The predicted octanol–water partition coefficient (Wildman–Crippen LogP) is 2.91. The molecule has 0 aliphatic rings. The van der Waals surface area contributed by atoms with Crippen LogP contribution in [0.25, 0.3) is 10.9 Å². The molecule has 0 amide bonds. The Morgan fingerprint density at radius 2 is 1.82 bits per heavy atom. The number of aromatic nitrogens is 4. The summed E-state index contributed by atoms with van der Waals surface area (Å²) in [5.41, 5.74) is 1.56. The highest BCUT2D eigenvalue weighted by Gasteiger charge is 2.38. The Balaban J connectivity index is 0.000000509. The number of halogens is 3. The maximum atomic E-state index is 12.1. The van der Waals surface area contributed by atoms with Gasteiger partial charge in [0, 0.05) is 41.0 Å². The van der Waals surface area contributed by atoms with Crippen molar-refractivity contribution < 1.29 is 23.1 Å². The normalized spacial score (nSPS) is 12.8. The van der Waals surface area contributed by atoms with E-state index >= 15 is 0 Å². The molecule has 1 atom stereocenters. The number of benzene rings is 1. The number of hydrogen-bond donors (Lipinski definition) is 4. The predicted molar refractivity (Wildman–Crippen MR) is 121 cm³/mol. The van der Waals surface area contributed by atoms with Gasteiger partial charge in [-0.15, -0.1) is 0 Å². The first-order chi connectivity index (χ1) is 15.7. The van der Waals surface area contributed by atoms with E-state index in [1.54, 1.807) is 10.8 Å². The van der Waals surface area contributed by atoms with E-state index in [9.17, 15) is 22.8 Å². The van der Waals surface area contributed by atoms with Crippen LogP contribution >= 0.6 is 0 Å². The first-order valence-electron chi connectivity index (χ1n) is 10.5. The first kappa shape index (κ1) is 26.8. The van der Waals surface area contributed by atoms with E-state index < -0.39 is 12.1 Å². The Morgan fingerprint density at radius 1 is 1.21 bits per heavy atom. The number of H-pyrrole nitrogens is 2. The SMILES string of the molecule is CC(CCc1[nH]nc2ccccc12)NCc1cn(C(C)(C)C)c(=O)[nH]c1=O.O=C(O)C(F)(F)F. The van der Waals surface area contributed by atoms with Crippen molar-refractivity contribution in [2.75, 3.05) is 0 Å². The molecule has 0 aliphatic carbocycles. The van der Waals surface area contributed by atoms with Crippen LogP contribution < -0.4 is 16.6 Å². The first-order valence-corrected chi connectivity index (χ1v) is 10.5. The number of aliphatic carboxylic acids is 1. The third kappa shape index (κ3) is 7.30. The largest absolute Gasteiger partial charge is 0.490 e. The highest BCUT2D eigenvalue weighted by Crippen LogP contribution is 2.17. The van der Waals surface area contributed by atoms with Crippen molar-refractivity contribution in [3.8, 4) is 0 Å². The summed E-state index contributed by atoms with van der Waals surface area (Å²) in [7, 11) is 0.